The Morgan fingerprint density at radius 3 is 2.87 bits per heavy atom. The lowest BCUT2D eigenvalue weighted by molar-refractivity contribution is -0.143. The van der Waals surface area contributed by atoms with Crippen molar-refractivity contribution in [2.24, 2.45) is 5.92 Å². The number of aliphatic carboxylic acids is 1. The van der Waals surface area contributed by atoms with E-state index in [0.29, 0.717) is 19.8 Å². The smallest absolute Gasteiger partial charge is 0.310 e. The average molecular weight is 211 g/mol. The van der Waals surface area contributed by atoms with E-state index >= 15 is 0 Å². The quantitative estimate of drug-likeness (QED) is 0.685. The first-order chi connectivity index (χ1) is 7.20. The van der Waals surface area contributed by atoms with E-state index in [4.69, 9.17) is 9.84 Å². The van der Waals surface area contributed by atoms with E-state index in [1.165, 1.54) is 0 Å². The Balaban J connectivity index is 2.64. The molecule has 2 unspecified atom stereocenters. The second-order valence-electron chi connectivity index (χ2n) is 3.54. The van der Waals surface area contributed by atoms with Crippen LogP contribution in [0.15, 0.2) is 0 Å². The maximum Gasteiger partial charge on any atom is 0.310 e. The predicted octanol–water partition coefficient (Wildman–Crippen LogP) is 0.431. The second kappa shape index (κ2) is 5.74. The molecule has 0 aromatic rings. The third-order valence-corrected chi connectivity index (χ3v) is 2.70. The highest BCUT2D eigenvalue weighted by atomic mass is 16.5. The van der Waals surface area contributed by atoms with Gasteiger partial charge in [-0.25, -0.2) is 0 Å². The van der Waals surface area contributed by atoms with Crippen LogP contribution in [0.4, 0.5) is 0 Å². The van der Waals surface area contributed by atoms with E-state index in [-0.39, 0.29) is 6.04 Å². The summed E-state index contributed by atoms with van der Waals surface area (Å²) in [6.45, 7) is 6.02. The summed E-state index contributed by atoms with van der Waals surface area (Å²) < 4.78 is 5.22. The van der Waals surface area contributed by atoms with Crippen LogP contribution < -0.4 is 0 Å². The van der Waals surface area contributed by atoms with Crippen LogP contribution in [-0.2, 0) is 9.53 Å². The van der Waals surface area contributed by atoms with E-state index in [1.54, 1.807) is 6.92 Å². The van der Waals surface area contributed by atoms with Crippen LogP contribution in [0.2, 0.25) is 0 Å². The fraction of sp³-hybridized carbons (Fsp3) is 0.727. The normalized spacial score (nSPS) is 25.0. The zero-order valence-corrected chi connectivity index (χ0v) is 9.19. The molecular weight excluding hydrogens is 194 g/mol. The fourth-order valence-corrected chi connectivity index (χ4v) is 1.78. The predicted molar refractivity (Wildman–Crippen MR) is 56.4 cm³/mol. The molecule has 1 aliphatic heterocycles. The Morgan fingerprint density at radius 1 is 1.60 bits per heavy atom. The van der Waals surface area contributed by atoms with E-state index in [0.717, 1.165) is 6.54 Å². The fourth-order valence-electron chi connectivity index (χ4n) is 1.78. The number of carbonyl (C=O) groups is 1. The molecule has 1 fully saturated rings. The number of rotatable bonds is 4. The van der Waals surface area contributed by atoms with Crippen molar-refractivity contribution in [3.63, 3.8) is 0 Å². The maximum absolute atomic E-state index is 11.0. The van der Waals surface area contributed by atoms with Crippen molar-refractivity contribution >= 4 is 5.97 Å². The molecule has 15 heavy (non-hydrogen) atoms. The minimum absolute atomic E-state index is 0.0339. The molecule has 0 bridgehead atoms. The second-order valence-corrected chi connectivity index (χ2v) is 3.54. The molecular formula is C11H17NO3. The zero-order valence-electron chi connectivity index (χ0n) is 9.19. The molecule has 0 radical (unpaired) electrons. The Hall–Kier alpha value is -1.05. The van der Waals surface area contributed by atoms with E-state index < -0.39 is 11.9 Å². The zero-order chi connectivity index (χ0) is 11.3. The van der Waals surface area contributed by atoms with Crippen LogP contribution in [-0.4, -0.2) is 48.3 Å². The summed E-state index contributed by atoms with van der Waals surface area (Å²) in [6.07, 6.45) is 0. The van der Waals surface area contributed by atoms with Crippen LogP contribution in [0.3, 0.4) is 0 Å². The van der Waals surface area contributed by atoms with Gasteiger partial charge >= 0.3 is 5.97 Å². The van der Waals surface area contributed by atoms with E-state index in [1.807, 2.05) is 6.92 Å². The standard InChI is InChI=1S/C11H17NO3/c1-3-5-6-12(4-2)10-8-15-7-9(10)11(13)14/h9-10H,4,6-8H2,1-2H3,(H,13,14). The molecule has 0 spiro atoms. The van der Waals surface area contributed by atoms with Crippen LogP contribution in [0.1, 0.15) is 13.8 Å². The first kappa shape index (κ1) is 12.0. The van der Waals surface area contributed by atoms with Gasteiger partial charge in [-0.05, 0) is 13.5 Å². The minimum atomic E-state index is -0.777. The van der Waals surface area contributed by atoms with Gasteiger partial charge in [0.1, 0.15) is 0 Å². The Morgan fingerprint density at radius 2 is 2.33 bits per heavy atom. The SMILES string of the molecule is CC#CCN(CC)C1COCC1C(=O)O. The van der Waals surface area contributed by atoms with Crippen molar-refractivity contribution in [1.29, 1.82) is 0 Å². The summed E-state index contributed by atoms with van der Waals surface area (Å²) >= 11 is 0. The molecule has 0 saturated carbocycles. The van der Waals surface area contributed by atoms with E-state index in [9.17, 15) is 4.79 Å². The largest absolute Gasteiger partial charge is 0.481 e. The highest BCUT2D eigenvalue weighted by molar-refractivity contribution is 5.71. The molecule has 0 aliphatic carbocycles. The van der Waals surface area contributed by atoms with Crippen molar-refractivity contribution in [1.82, 2.24) is 4.90 Å². The first-order valence-electron chi connectivity index (χ1n) is 5.14. The lowest BCUT2D eigenvalue weighted by Gasteiger charge is -2.26. The number of hydrogen-bond acceptors (Lipinski definition) is 3. The minimum Gasteiger partial charge on any atom is -0.481 e. The molecule has 2 atom stereocenters. The van der Waals surface area contributed by atoms with Crippen molar-refractivity contribution in [3.05, 3.63) is 0 Å². The summed E-state index contributed by atoms with van der Waals surface area (Å²) in [5.41, 5.74) is 0. The molecule has 0 amide bonds. The summed E-state index contributed by atoms with van der Waals surface area (Å²) in [5, 5.41) is 9.01. The summed E-state index contributed by atoms with van der Waals surface area (Å²) in [7, 11) is 0. The van der Waals surface area contributed by atoms with Crippen molar-refractivity contribution in [2.45, 2.75) is 19.9 Å². The van der Waals surface area contributed by atoms with Gasteiger partial charge in [-0.2, -0.15) is 0 Å². The molecule has 1 rings (SSSR count). The highest BCUT2D eigenvalue weighted by Gasteiger charge is 2.37. The summed E-state index contributed by atoms with van der Waals surface area (Å²) in [4.78, 5) is 13.0. The van der Waals surface area contributed by atoms with Gasteiger partial charge in [-0.3, -0.25) is 9.69 Å². The van der Waals surface area contributed by atoms with E-state index in [2.05, 4.69) is 16.7 Å². The number of likely N-dealkylation sites (N-methyl/N-ethyl adjacent to an activating group) is 1. The Kier molecular flexibility index (Phi) is 4.60. The number of carboxylic acids is 1. The lowest BCUT2D eigenvalue weighted by atomic mass is 10.0. The van der Waals surface area contributed by atoms with Crippen LogP contribution in [0.25, 0.3) is 0 Å². The molecule has 1 N–H and O–H groups in total. The number of carboxylic acid groups (broad SMARTS) is 1. The summed E-state index contributed by atoms with van der Waals surface area (Å²) in [5.74, 6) is 4.59. The van der Waals surface area contributed by atoms with Crippen molar-refractivity contribution in [3.8, 4) is 11.8 Å². The topological polar surface area (TPSA) is 49.8 Å². The number of nitrogens with zero attached hydrogens (tertiary/aromatic N) is 1. The van der Waals surface area contributed by atoms with Gasteiger partial charge in [0.15, 0.2) is 0 Å². The molecule has 0 aromatic heterocycles. The molecule has 4 heteroatoms. The molecule has 4 nitrogen and oxygen atoms in total. The molecule has 1 heterocycles. The van der Waals surface area contributed by atoms with Gasteiger partial charge in [0, 0.05) is 6.04 Å². The van der Waals surface area contributed by atoms with Gasteiger partial charge in [0.05, 0.1) is 25.7 Å². The summed E-state index contributed by atoms with van der Waals surface area (Å²) in [6, 6.07) is -0.0339. The van der Waals surface area contributed by atoms with Gasteiger partial charge in [0.25, 0.3) is 0 Å². The number of hydrogen-bond donors (Lipinski definition) is 1. The average Bonchev–Trinajstić information content (AvgIpc) is 2.68. The maximum atomic E-state index is 11.0. The van der Waals surface area contributed by atoms with Crippen molar-refractivity contribution in [2.75, 3.05) is 26.3 Å². The Bertz CT molecular complexity index is 279. The molecule has 1 aliphatic rings. The van der Waals surface area contributed by atoms with Crippen LogP contribution >= 0.6 is 0 Å². The van der Waals surface area contributed by atoms with Crippen LogP contribution in [0, 0.1) is 17.8 Å². The lowest BCUT2D eigenvalue weighted by Crippen LogP contribution is -2.43. The third-order valence-electron chi connectivity index (χ3n) is 2.70. The molecule has 84 valence electrons. The monoisotopic (exact) mass is 211 g/mol. The Labute approximate surface area is 90.2 Å². The third kappa shape index (κ3) is 2.95. The van der Waals surface area contributed by atoms with Gasteiger partial charge in [0.2, 0.25) is 0 Å². The van der Waals surface area contributed by atoms with Gasteiger partial charge in [-0.15, -0.1) is 5.92 Å². The van der Waals surface area contributed by atoms with Gasteiger partial charge < -0.3 is 9.84 Å². The van der Waals surface area contributed by atoms with Gasteiger partial charge in [-0.1, -0.05) is 12.8 Å². The van der Waals surface area contributed by atoms with Crippen LogP contribution in [0.5, 0.6) is 0 Å². The number of ether oxygens (including phenoxy) is 1. The molecule has 1 saturated heterocycles. The highest BCUT2D eigenvalue weighted by Crippen LogP contribution is 2.19. The first-order valence-corrected chi connectivity index (χ1v) is 5.14. The van der Waals surface area contributed by atoms with Crippen molar-refractivity contribution < 1.29 is 14.6 Å². The molecule has 0 aromatic carbocycles.